The SMILES string of the molecule is CCOC(=O)N1CCC(N2CSC(=S)N(C3CCCC3)C2)CC1. The Morgan fingerprint density at radius 3 is 2.57 bits per heavy atom. The van der Waals surface area contributed by atoms with Crippen LogP contribution in [-0.2, 0) is 4.74 Å². The number of hydrogen-bond acceptors (Lipinski definition) is 5. The van der Waals surface area contributed by atoms with Gasteiger partial charge in [0.1, 0.15) is 4.32 Å². The van der Waals surface area contributed by atoms with Gasteiger partial charge < -0.3 is 14.5 Å². The molecule has 0 unspecified atom stereocenters. The van der Waals surface area contributed by atoms with Crippen LogP contribution in [0.15, 0.2) is 0 Å². The average Bonchev–Trinajstić information content (AvgIpc) is 3.10. The molecule has 2 heterocycles. The molecule has 0 spiro atoms. The Morgan fingerprint density at radius 2 is 1.91 bits per heavy atom. The van der Waals surface area contributed by atoms with Crippen LogP contribution in [0.1, 0.15) is 45.4 Å². The van der Waals surface area contributed by atoms with Crippen LogP contribution in [0.5, 0.6) is 0 Å². The van der Waals surface area contributed by atoms with Crippen LogP contribution in [0.2, 0.25) is 0 Å². The number of hydrogen-bond donors (Lipinski definition) is 0. The summed E-state index contributed by atoms with van der Waals surface area (Å²) in [5.41, 5.74) is 0. The van der Waals surface area contributed by atoms with Crippen molar-refractivity contribution >= 4 is 34.4 Å². The molecule has 0 aromatic heterocycles. The molecule has 2 saturated heterocycles. The number of nitrogens with zero attached hydrogens (tertiary/aromatic N) is 3. The smallest absolute Gasteiger partial charge is 0.409 e. The lowest BCUT2D eigenvalue weighted by Gasteiger charge is -2.45. The van der Waals surface area contributed by atoms with Crippen molar-refractivity contribution in [3.8, 4) is 0 Å². The molecule has 0 aromatic rings. The number of amides is 1. The van der Waals surface area contributed by atoms with Crippen LogP contribution in [0.25, 0.3) is 0 Å². The maximum absolute atomic E-state index is 11.8. The highest BCUT2D eigenvalue weighted by Crippen LogP contribution is 2.31. The van der Waals surface area contributed by atoms with Crippen molar-refractivity contribution in [3.63, 3.8) is 0 Å². The number of piperidine rings is 1. The summed E-state index contributed by atoms with van der Waals surface area (Å²) in [5.74, 6) is 0.992. The number of likely N-dealkylation sites (tertiary alicyclic amines) is 1. The molecule has 5 nitrogen and oxygen atoms in total. The van der Waals surface area contributed by atoms with Gasteiger partial charge in [-0.2, -0.15) is 0 Å². The van der Waals surface area contributed by atoms with Crippen molar-refractivity contribution in [2.24, 2.45) is 0 Å². The van der Waals surface area contributed by atoms with Crippen LogP contribution < -0.4 is 0 Å². The summed E-state index contributed by atoms with van der Waals surface area (Å²) >= 11 is 7.40. The third kappa shape index (κ3) is 4.12. The van der Waals surface area contributed by atoms with Crippen molar-refractivity contribution in [2.75, 3.05) is 32.2 Å². The Morgan fingerprint density at radius 1 is 1.22 bits per heavy atom. The van der Waals surface area contributed by atoms with Gasteiger partial charge in [-0.3, -0.25) is 4.90 Å². The van der Waals surface area contributed by atoms with Gasteiger partial charge >= 0.3 is 6.09 Å². The van der Waals surface area contributed by atoms with E-state index in [1.807, 2.05) is 23.6 Å². The molecule has 0 atom stereocenters. The van der Waals surface area contributed by atoms with E-state index in [4.69, 9.17) is 17.0 Å². The van der Waals surface area contributed by atoms with E-state index in [-0.39, 0.29) is 6.09 Å². The van der Waals surface area contributed by atoms with Crippen LogP contribution in [0.4, 0.5) is 4.79 Å². The fourth-order valence-electron chi connectivity index (χ4n) is 3.85. The first-order valence-corrected chi connectivity index (χ1v) is 10.2. The Kier molecular flexibility index (Phi) is 6.04. The molecule has 1 aliphatic carbocycles. The van der Waals surface area contributed by atoms with E-state index in [0.29, 0.717) is 18.7 Å². The monoisotopic (exact) mass is 357 g/mol. The van der Waals surface area contributed by atoms with Gasteiger partial charge in [-0.05, 0) is 32.6 Å². The van der Waals surface area contributed by atoms with Gasteiger partial charge in [0.25, 0.3) is 0 Å². The largest absolute Gasteiger partial charge is 0.450 e. The summed E-state index contributed by atoms with van der Waals surface area (Å²) in [6.07, 6.45) is 7.16. The summed E-state index contributed by atoms with van der Waals surface area (Å²) < 4.78 is 6.19. The lowest BCUT2D eigenvalue weighted by molar-refractivity contribution is 0.0639. The van der Waals surface area contributed by atoms with Crippen molar-refractivity contribution in [1.82, 2.24) is 14.7 Å². The lowest BCUT2D eigenvalue weighted by atomic mass is 10.0. The molecule has 1 saturated carbocycles. The van der Waals surface area contributed by atoms with Gasteiger partial charge in [0.2, 0.25) is 0 Å². The summed E-state index contributed by atoms with van der Waals surface area (Å²) in [7, 11) is 0. The fraction of sp³-hybridized carbons (Fsp3) is 0.875. The second kappa shape index (κ2) is 8.03. The minimum absolute atomic E-state index is 0.160. The van der Waals surface area contributed by atoms with Crippen LogP contribution in [-0.4, -0.2) is 69.4 Å². The quantitative estimate of drug-likeness (QED) is 0.723. The Labute approximate surface area is 148 Å². The van der Waals surface area contributed by atoms with E-state index in [1.54, 1.807) is 0 Å². The fourth-order valence-corrected chi connectivity index (χ4v) is 5.15. The molecule has 0 bridgehead atoms. The molecule has 0 radical (unpaired) electrons. The van der Waals surface area contributed by atoms with Gasteiger partial charge in [0, 0.05) is 25.2 Å². The molecule has 3 rings (SSSR count). The van der Waals surface area contributed by atoms with E-state index in [1.165, 1.54) is 25.7 Å². The Hall–Kier alpha value is -0.530. The second-order valence-electron chi connectivity index (χ2n) is 6.59. The molecular weight excluding hydrogens is 330 g/mol. The summed E-state index contributed by atoms with van der Waals surface area (Å²) in [4.78, 5) is 18.7. The van der Waals surface area contributed by atoms with E-state index < -0.39 is 0 Å². The molecule has 3 aliphatic rings. The topological polar surface area (TPSA) is 36.0 Å². The second-order valence-corrected chi connectivity index (χ2v) is 8.17. The van der Waals surface area contributed by atoms with E-state index in [2.05, 4.69) is 9.80 Å². The highest BCUT2D eigenvalue weighted by atomic mass is 32.2. The Bertz CT molecular complexity index is 435. The van der Waals surface area contributed by atoms with Gasteiger partial charge in [0.15, 0.2) is 0 Å². The highest BCUT2D eigenvalue weighted by Gasteiger charge is 2.34. The molecule has 3 fully saturated rings. The third-order valence-electron chi connectivity index (χ3n) is 5.19. The number of ether oxygens (including phenoxy) is 1. The highest BCUT2D eigenvalue weighted by molar-refractivity contribution is 8.22. The molecule has 23 heavy (non-hydrogen) atoms. The zero-order valence-electron chi connectivity index (χ0n) is 13.9. The normalized spacial score (nSPS) is 25.2. The van der Waals surface area contributed by atoms with Gasteiger partial charge in [0.05, 0.1) is 19.2 Å². The van der Waals surface area contributed by atoms with Gasteiger partial charge in [-0.1, -0.05) is 36.8 Å². The van der Waals surface area contributed by atoms with Crippen LogP contribution in [0, 0.1) is 0 Å². The van der Waals surface area contributed by atoms with Crippen molar-refractivity contribution in [2.45, 2.75) is 57.5 Å². The van der Waals surface area contributed by atoms with Crippen molar-refractivity contribution < 1.29 is 9.53 Å². The van der Waals surface area contributed by atoms with Crippen LogP contribution >= 0.6 is 24.0 Å². The maximum atomic E-state index is 11.8. The minimum Gasteiger partial charge on any atom is -0.450 e. The Balaban J connectivity index is 1.52. The number of thiocarbonyl (C=S) groups is 1. The molecule has 7 heteroatoms. The molecule has 1 amide bonds. The number of carbonyl (C=O) groups excluding carboxylic acids is 1. The number of rotatable bonds is 3. The zero-order chi connectivity index (χ0) is 16.2. The van der Waals surface area contributed by atoms with Crippen molar-refractivity contribution in [1.29, 1.82) is 0 Å². The first-order chi connectivity index (χ1) is 11.2. The summed E-state index contributed by atoms with van der Waals surface area (Å²) in [5, 5.41) is 0. The molecular formula is C16H27N3O2S2. The van der Waals surface area contributed by atoms with Gasteiger partial charge in [-0.25, -0.2) is 4.79 Å². The summed E-state index contributed by atoms with van der Waals surface area (Å²) in [6.45, 7) is 4.89. The lowest BCUT2D eigenvalue weighted by Crippen LogP contribution is -2.54. The van der Waals surface area contributed by atoms with E-state index >= 15 is 0 Å². The minimum atomic E-state index is -0.160. The first-order valence-electron chi connectivity index (χ1n) is 8.78. The maximum Gasteiger partial charge on any atom is 0.409 e. The zero-order valence-corrected chi connectivity index (χ0v) is 15.5. The molecule has 0 aromatic carbocycles. The van der Waals surface area contributed by atoms with Gasteiger partial charge in [-0.15, -0.1) is 0 Å². The van der Waals surface area contributed by atoms with E-state index in [0.717, 1.165) is 42.8 Å². The summed E-state index contributed by atoms with van der Waals surface area (Å²) in [6, 6.07) is 1.21. The standard InChI is InChI=1S/C16H27N3O2S2/c1-2-21-15(20)17-9-7-13(8-10-17)18-11-19(16(22)23-12-18)14-5-3-4-6-14/h13-14H,2-12H2,1H3. The number of thioether (sulfide) groups is 1. The molecule has 130 valence electrons. The van der Waals surface area contributed by atoms with E-state index in [9.17, 15) is 4.79 Å². The van der Waals surface area contributed by atoms with Crippen molar-refractivity contribution in [3.05, 3.63) is 0 Å². The number of carbonyl (C=O) groups is 1. The molecule has 2 aliphatic heterocycles. The average molecular weight is 358 g/mol. The molecule has 0 N–H and O–H groups in total. The predicted octanol–water partition coefficient (Wildman–Crippen LogP) is 3.10. The predicted molar refractivity (Wildman–Crippen MR) is 97.5 cm³/mol. The van der Waals surface area contributed by atoms with Crippen LogP contribution in [0.3, 0.4) is 0 Å². The first kappa shape index (κ1) is 17.3. The third-order valence-corrected chi connectivity index (χ3v) is 6.72.